The summed E-state index contributed by atoms with van der Waals surface area (Å²) in [5.74, 6) is -0.282. The van der Waals surface area contributed by atoms with Crippen molar-refractivity contribution in [3.63, 3.8) is 0 Å². The van der Waals surface area contributed by atoms with Crippen LogP contribution < -0.4 is 0 Å². The van der Waals surface area contributed by atoms with Gasteiger partial charge in [0.15, 0.2) is 6.29 Å². The van der Waals surface area contributed by atoms with Gasteiger partial charge in [-0.05, 0) is 38.5 Å². The maximum absolute atomic E-state index is 11.3. The SMILES string of the molecule is CCCCC/C=C\C/C=C\CCCCCCCC(=O)OC(O)CC. The standard InChI is InChI=1S/C21H38O3/c1-3-5-6-7-8-9-10-11-12-13-14-15-16-17-18-19-21(23)24-20(22)4-2/h8-9,11-12,20,22H,3-7,10,13-19H2,1-2H3/b9-8-,12-11-. The van der Waals surface area contributed by atoms with E-state index in [2.05, 4.69) is 31.2 Å². The normalized spacial score (nSPS) is 13.0. The lowest BCUT2D eigenvalue weighted by Gasteiger charge is -2.09. The number of ether oxygens (including phenoxy) is 1. The Hall–Kier alpha value is -1.09. The van der Waals surface area contributed by atoms with Crippen LogP contribution in [-0.4, -0.2) is 17.4 Å². The molecule has 24 heavy (non-hydrogen) atoms. The summed E-state index contributed by atoms with van der Waals surface area (Å²) in [5.41, 5.74) is 0. The van der Waals surface area contributed by atoms with Crippen LogP contribution in [0.3, 0.4) is 0 Å². The zero-order valence-electron chi connectivity index (χ0n) is 15.8. The molecular formula is C21H38O3. The molecule has 0 heterocycles. The minimum Gasteiger partial charge on any atom is -0.436 e. The monoisotopic (exact) mass is 338 g/mol. The summed E-state index contributed by atoms with van der Waals surface area (Å²) < 4.78 is 4.82. The third kappa shape index (κ3) is 17.3. The molecule has 0 rings (SSSR count). The van der Waals surface area contributed by atoms with Gasteiger partial charge >= 0.3 is 5.97 Å². The van der Waals surface area contributed by atoms with Crippen molar-refractivity contribution in [2.45, 2.75) is 104 Å². The predicted octanol–water partition coefficient (Wildman–Crippen LogP) is 6.07. The maximum Gasteiger partial charge on any atom is 0.308 e. The summed E-state index contributed by atoms with van der Waals surface area (Å²) in [7, 11) is 0. The van der Waals surface area contributed by atoms with Crippen LogP contribution in [0.1, 0.15) is 97.3 Å². The Balaban J connectivity index is 3.30. The molecule has 0 saturated carbocycles. The minimum absolute atomic E-state index is 0.282. The van der Waals surface area contributed by atoms with Crippen molar-refractivity contribution in [3.05, 3.63) is 24.3 Å². The first kappa shape index (κ1) is 22.9. The second-order valence-corrected chi connectivity index (χ2v) is 6.33. The van der Waals surface area contributed by atoms with Crippen molar-refractivity contribution in [3.8, 4) is 0 Å². The third-order valence-electron chi connectivity index (χ3n) is 3.95. The van der Waals surface area contributed by atoms with Crippen molar-refractivity contribution in [1.29, 1.82) is 0 Å². The van der Waals surface area contributed by atoms with Crippen LogP contribution >= 0.6 is 0 Å². The van der Waals surface area contributed by atoms with Crippen molar-refractivity contribution in [2.75, 3.05) is 0 Å². The first-order chi connectivity index (χ1) is 11.7. The smallest absolute Gasteiger partial charge is 0.308 e. The minimum atomic E-state index is -0.935. The van der Waals surface area contributed by atoms with Crippen LogP contribution in [0.5, 0.6) is 0 Å². The highest BCUT2D eigenvalue weighted by Gasteiger charge is 2.07. The second kappa shape index (κ2) is 18.3. The highest BCUT2D eigenvalue weighted by molar-refractivity contribution is 5.69. The molecule has 1 N–H and O–H groups in total. The first-order valence-electron chi connectivity index (χ1n) is 9.88. The highest BCUT2D eigenvalue weighted by Crippen LogP contribution is 2.09. The number of esters is 1. The summed E-state index contributed by atoms with van der Waals surface area (Å²) in [6.07, 6.45) is 21.9. The number of unbranched alkanes of at least 4 members (excludes halogenated alkanes) is 8. The van der Waals surface area contributed by atoms with Crippen LogP contribution in [-0.2, 0) is 9.53 Å². The molecule has 0 aromatic rings. The zero-order chi connectivity index (χ0) is 17.9. The Morgan fingerprint density at radius 3 is 2.08 bits per heavy atom. The predicted molar refractivity (Wildman–Crippen MR) is 102 cm³/mol. The molecule has 1 unspecified atom stereocenters. The van der Waals surface area contributed by atoms with E-state index >= 15 is 0 Å². The van der Waals surface area contributed by atoms with Gasteiger partial charge in [-0.15, -0.1) is 0 Å². The largest absolute Gasteiger partial charge is 0.436 e. The van der Waals surface area contributed by atoms with E-state index in [0.717, 1.165) is 32.1 Å². The number of aliphatic hydroxyl groups excluding tert-OH is 1. The molecule has 0 aliphatic heterocycles. The van der Waals surface area contributed by atoms with Gasteiger partial charge in [0.1, 0.15) is 0 Å². The molecule has 140 valence electrons. The van der Waals surface area contributed by atoms with Crippen molar-refractivity contribution in [2.24, 2.45) is 0 Å². The van der Waals surface area contributed by atoms with E-state index in [0.29, 0.717) is 12.8 Å². The Bertz CT molecular complexity index is 334. The lowest BCUT2D eigenvalue weighted by atomic mass is 10.1. The molecule has 0 aromatic carbocycles. The molecule has 0 aliphatic carbocycles. The lowest BCUT2D eigenvalue weighted by molar-refractivity contribution is -0.168. The van der Waals surface area contributed by atoms with Gasteiger partial charge in [0.25, 0.3) is 0 Å². The van der Waals surface area contributed by atoms with Gasteiger partial charge < -0.3 is 9.84 Å². The fourth-order valence-electron chi connectivity index (χ4n) is 2.37. The van der Waals surface area contributed by atoms with E-state index in [-0.39, 0.29) is 5.97 Å². The Labute approximate surface area is 149 Å². The number of aliphatic hydroxyl groups is 1. The third-order valence-corrected chi connectivity index (χ3v) is 3.95. The number of rotatable bonds is 16. The molecule has 3 nitrogen and oxygen atoms in total. The van der Waals surface area contributed by atoms with Gasteiger partial charge in [0.05, 0.1) is 0 Å². The van der Waals surface area contributed by atoms with E-state index in [4.69, 9.17) is 4.74 Å². The van der Waals surface area contributed by atoms with E-state index in [9.17, 15) is 9.90 Å². The van der Waals surface area contributed by atoms with E-state index in [1.165, 1.54) is 38.5 Å². The number of hydrogen-bond acceptors (Lipinski definition) is 3. The fourth-order valence-corrected chi connectivity index (χ4v) is 2.37. The van der Waals surface area contributed by atoms with Crippen LogP contribution in [0, 0.1) is 0 Å². The van der Waals surface area contributed by atoms with E-state index in [1.807, 2.05) is 0 Å². The Morgan fingerprint density at radius 2 is 1.46 bits per heavy atom. The molecular weight excluding hydrogens is 300 g/mol. The zero-order valence-corrected chi connectivity index (χ0v) is 15.8. The summed E-state index contributed by atoms with van der Waals surface area (Å²) >= 11 is 0. The molecule has 0 bridgehead atoms. The second-order valence-electron chi connectivity index (χ2n) is 6.33. The average molecular weight is 339 g/mol. The molecule has 0 amide bonds. The number of allylic oxidation sites excluding steroid dienone is 4. The highest BCUT2D eigenvalue weighted by atomic mass is 16.6. The van der Waals surface area contributed by atoms with Gasteiger partial charge in [0, 0.05) is 12.8 Å². The van der Waals surface area contributed by atoms with Gasteiger partial charge in [0.2, 0.25) is 0 Å². The number of carbonyl (C=O) groups excluding carboxylic acids is 1. The summed E-state index contributed by atoms with van der Waals surface area (Å²) in [5, 5.41) is 9.20. The van der Waals surface area contributed by atoms with Crippen LogP contribution in [0.4, 0.5) is 0 Å². The van der Waals surface area contributed by atoms with Gasteiger partial charge in [-0.25, -0.2) is 0 Å². The lowest BCUT2D eigenvalue weighted by Crippen LogP contribution is -2.16. The van der Waals surface area contributed by atoms with Gasteiger partial charge in [-0.3, -0.25) is 4.79 Å². The molecule has 0 spiro atoms. The summed E-state index contributed by atoms with van der Waals surface area (Å²) in [6.45, 7) is 4.02. The van der Waals surface area contributed by atoms with Crippen LogP contribution in [0.2, 0.25) is 0 Å². The molecule has 1 atom stereocenters. The van der Waals surface area contributed by atoms with Crippen molar-refractivity contribution >= 4 is 5.97 Å². The fraction of sp³-hybridized carbons (Fsp3) is 0.762. The molecule has 0 radical (unpaired) electrons. The molecule has 0 fully saturated rings. The van der Waals surface area contributed by atoms with Crippen molar-refractivity contribution < 1.29 is 14.6 Å². The summed E-state index contributed by atoms with van der Waals surface area (Å²) in [6, 6.07) is 0. The van der Waals surface area contributed by atoms with Gasteiger partial charge in [-0.1, -0.05) is 70.3 Å². The molecule has 3 heteroatoms. The number of carbonyl (C=O) groups is 1. The summed E-state index contributed by atoms with van der Waals surface area (Å²) in [4.78, 5) is 11.3. The number of hydrogen-bond donors (Lipinski definition) is 1. The molecule has 0 aliphatic rings. The molecule has 0 aromatic heterocycles. The Kier molecular flexibility index (Phi) is 17.4. The maximum atomic E-state index is 11.3. The van der Waals surface area contributed by atoms with Crippen LogP contribution in [0.15, 0.2) is 24.3 Å². The first-order valence-corrected chi connectivity index (χ1v) is 9.88. The average Bonchev–Trinajstić information content (AvgIpc) is 2.58. The quantitative estimate of drug-likeness (QED) is 0.161. The van der Waals surface area contributed by atoms with Crippen molar-refractivity contribution in [1.82, 2.24) is 0 Å². The van der Waals surface area contributed by atoms with E-state index < -0.39 is 6.29 Å². The van der Waals surface area contributed by atoms with Gasteiger partial charge in [-0.2, -0.15) is 0 Å². The van der Waals surface area contributed by atoms with Crippen LogP contribution in [0.25, 0.3) is 0 Å². The topological polar surface area (TPSA) is 46.5 Å². The molecule has 0 saturated heterocycles. The van der Waals surface area contributed by atoms with E-state index in [1.54, 1.807) is 6.92 Å². The Morgan fingerprint density at radius 1 is 0.875 bits per heavy atom.